The first-order valence-corrected chi connectivity index (χ1v) is 7.46. The lowest BCUT2D eigenvalue weighted by molar-refractivity contribution is 0.457. The van der Waals surface area contributed by atoms with Crippen molar-refractivity contribution in [3.63, 3.8) is 0 Å². The van der Waals surface area contributed by atoms with Crippen LogP contribution in [0.25, 0.3) is 11.2 Å². The molecule has 0 spiro atoms. The molecule has 1 fully saturated rings. The lowest BCUT2D eigenvalue weighted by Gasteiger charge is -2.23. The Bertz CT molecular complexity index is 634. The molecule has 1 aliphatic rings. The van der Waals surface area contributed by atoms with E-state index in [-0.39, 0.29) is 17.5 Å². The van der Waals surface area contributed by atoms with Crippen molar-refractivity contribution < 1.29 is 8.42 Å². The predicted molar refractivity (Wildman–Crippen MR) is 64.5 cm³/mol. The Morgan fingerprint density at radius 3 is 2.76 bits per heavy atom. The Hall–Kier alpha value is -1.43. The summed E-state index contributed by atoms with van der Waals surface area (Å²) < 4.78 is 24.8. The van der Waals surface area contributed by atoms with Gasteiger partial charge in [0, 0.05) is 12.2 Å². The zero-order chi connectivity index (χ0) is 11.9. The topological polar surface area (TPSA) is 64.8 Å². The molecule has 0 saturated carbocycles. The molecule has 0 amide bonds. The molecule has 0 atom stereocenters. The van der Waals surface area contributed by atoms with Crippen molar-refractivity contribution in [1.29, 1.82) is 0 Å². The fraction of sp³-hybridized carbons (Fsp3) is 0.455. The van der Waals surface area contributed by atoms with Crippen LogP contribution in [-0.4, -0.2) is 34.5 Å². The molecule has 1 saturated heterocycles. The van der Waals surface area contributed by atoms with Gasteiger partial charge in [-0.3, -0.25) is 0 Å². The van der Waals surface area contributed by atoms with Crippen LogP contribution in [0.2, 0.25) is 0 Å². The van der Waals surface area contributed by atoms with Gasteiger partial charge in [-0.2, -0.15) is 0 Å². The van der Waals surface area contributed by atoms with Gasteiger partial charge in [-0.1, -0.05) is 0 Å². The molecule has 2 aromatic rings. The number of rotatable bonds is 1. The van der Waals surface area contributed by atoms with Gasteiger partial charge in [0.05, 0.1) is 17.8 Å². The SMILES string of the molecule is O=S1(=O)CCC(n2cnc3cccnc32)CC1. The summed E-state index contributed by atoms with van der Waals surface area (Å²) in [6.45, 7) is 0. The first-order chi connectivity index (χ1) is 8.16. The third-order valence-electron chi connectivity index (χ3n) is 3.25. The summed E-state index contributed by atoms with van der Waals surface area (Å²) in [5, 5.41) is 0. The highest BCUT2D eigenvalue weighted by molar-refractivity contribution is 7.91. The summed E-state index contributed by atoms with van der Waals surface area (Å²) in [7, 11) is -2.81. The molecule has 3 heterocycles. The highest BCUT2D eigenvalue weighted by Crippen LogP contribution is 2.26. The summed E-state index contributed by atoms with van der Waals surface area (Å²) in [5.41, 5.74) is 1.71. The maximum absolute atomic E-state index is 11.4. The summed E-state index contributed by atoms with van der Waals surface area (Å²) in [6, 6.07) is 3.97. The maximum Gasteiger partial charge on any atom is 0.160 e. The van der Waals surface area contributed by atoms with Crippen LogP contribution >= 0.6 is 0 Å². The van der Waals surface area contributed by atoms with Crippen LogP contribution in [0, 0.1) is 0 Å². The average Bonchev–Trinajstić information content (AvgIpc) is 2.73. The number of aromatic nitrogens is 3. The molecular formula is C11H13N3O2S. The number of fused-ring (bicyclic) bond motifs is 1. The van der Waals surface area contributed by atoms with Crippen LogP contribution in [0.1, 0.15) is 18.9 Å². The quantitative estimate of drug-likeness (QED) is 0.763. The minimum absolute atomic E-state index is 0.207. The molecule has 2 aromatic heterocycles. The molecular weight excluding hydrogens is 238 g/mol. The lowest BCUT2D eigenvalue weighted by atomic mass is 10.1. The van der Waals surface area contributed by atoms with Crippen molar-refractivity contribution in [1.82, 2.24) is 14.5 Å². The third-order valence-corrected chi connectivity index (χ3v) is 4.96. The second-order valence-electron chi connectivity index (χ2n) is 4.38. The minimum atomic E-state index is -2.81. The van der Waals surface area contributed by atoms with Crippen LogP contribution in [0.15, 0.2) is 24.7 Å². The van der Waals surface area contributed by atoms with Gasteiger partial charge >= 0.3 is 0 Å². The monoisotopic (exact) mass is 251 g/mol. The molecule has 6 heteroatoms. The number of hydrogen-bond acceptors (Lipinski definition) is 4. The molecule has 0 N–H and O–H groups in total. The first kappa shape index (κ1) is 10.7. The normalized spacial score (nSPS) is 20.7. The summed E-state index contributed by atoms with van der Waals surface area (Å²) >= 11 is 0. The van der Waals surface area contributed by atoms with E-state index in [4.69, 9.17) is 0 Å². The standard InChI is InChI=1S/C11H13N3O2S/c15-17(16)6-3-9(4-7-17)14-8-13-10-2-1-5-12-11(10)14/h1-2,5,8-9H,3-4,6-7H2. The Balaban J connectivity index is 1.95. The molecule has 90 valence electrons. The van der Waals surface area contributed by atoms with Crippen LogP contribution in [-0.2, 0) is 9.84 Å². The molecule has 5 nitrogen and oxygen atoms in total. The zero-order valence-electron chi connectivity index (χ0n) is 9.28. The van der Waals surface area contributed by atoms with Gasteiger partial charge in [0.1, 0.15) is 15.4 Å². The predicted octanol–water partition coefficient (Wildman–Crippen LogP) is 1.18. The fourth-order valence-corrected chi connectivity index (χ4v) is 3.76. The van der Waals surface area contributed by atoms with Gasteiger partial charge in [0.2, 0.25) is 0 Å². The van der Waals surface area contributed by atoms with Gasteiger partial charge in [-0.25, -0.2) is 18.4 Å². The fourth-order valence-electron chi connectivity index (χ4n) is 2.29. The second-order valence-corrected chi connectivity index (χ2v) is 6.68. The Kier molecular flexibility index (Phi) is 2.39. The summed E-state index contributed by atoms with van der Waals surface area (Å²) in [5.74, 6) is 0.536. The van der Waals surface area contributed by atoms with Crippen molar-refractivity contribution >= 4 is 21.0 Å². The van der Waals surface area contributed by atoms with E-state index in [1.807, 2.05) is 16.7 Å². The zero-order valence-corrected chi connectivity index (χ0v) is 10.1. The molecule has 0 aromatic carbocycles. The van der Waals surface area contributed by atoms with Crippen molar-refractivity contribution in [2.45, 2.75) is 18.9 Å². The van der Waals surface area contributed by atoms with Gasteiger partial charge < -0.3 is 4.57 Å². The summed E-state index contributed by atoms with van der Waals surface area (Å²) in [6.07, 6.45) is 4.81. The van der Waals surface area contributed by atoms with Gasteiger partial charge in [-0.05, 0) is 25.0 Å². The lowest BCUT2D eigenvalue weighted by Crippen LogP contribution is -2.25. The largest absolute Gasteiger partial charge is 0.312 e. The van der Waals surface area contributed by atoms with Gasteiger partial charge in [-0.15, -0.1) is 0 Å². The van der Waals surface area contributed by atoms with E-state index in [0.29, 0.717) is 12.8 Å². The van der Waals surface area contributed by atoms with Crippen LogP contribution in [0.4, 0.5) is 0 Å². The third kappa shape index (κ3) is 1.93. The van der Waals surface area contributed by atoms with Gasteiger partial charge in [0.15, 0.2) is 5.65 Å². The number of hydrogen-bond donors (Lipinski definition) is 0. The smallest absolute Gasteiger partial charge is 0.160 e. The van der Waals surface area contributed by atoms with E-state index in [2.05, 4.69) is 9.97 Å². The molecule has 1 aliphatic heterocycles. The average molecular weight is 251 g/mol. The van der Waals surface area contributed by atoms with Crippen LogP contribution in [0.3, 0.4) is 0 Å². The van der Waals surface area contributed by atoms with Crippen LogP contribution < -0.4 is 0 Å². The molecule has 0 radical (unpaired) electrons. The highest BCUT2D eigenvalue weighted by Gasteiger charge is 2.25. The number of nitrogens with zero attached hydrogens (tertiary/aromatic N) is 3. The van der Waals surface area contributed by atoms with E-state index in [0.717, 1.165) is 11.2 Å². The minimum Gasteiger partial charge on any atom is -0.312 e. The Labute approximate surface area is 99.4 Å². The van der Waals surface area contributed by atoms with E-state index >= 15 is 0 Å². The molecule has 3 rings (SSSR count). The van der Waals surface area contributed by atoms with Crippen molar-refractivity contribution in [3.8, 4) is 0 Å². The number of imidazole rings is 1. The Morgan fingerprint density at radius 1 is 1.24 bits per heavy atom. The first-order valence-electron chi connectivity index (χ1n) is 5.64. The highest BCUT2D eigenvalue weighted by atomic mass is 32.2. The molecule has 0 bridgehead atoms. The maximum atomic E-state index is 11.4. The molecule has 17 heavy (non-hydrogen) atoms. The Morgan fingerprint density at radius 2 is 2.00 bits per heavy atom. The number of sulfone groups is 1. The van der Waals surface area contributed by atoms with E-state index in [1.54, 1.807) is 12.5 Å². The van der Waals surface area contributed by atoms with Crippen molar-refractivity contribution in [3.05, 3.63) is 24.7 Å². The number of pyridine rings is 1. The van der Waals surface area contributed by atoms with Gasteiger partial charge in [0.25, 0.3) is 0 Å². The van der Waals surface area contributed by atoms with E-state index in [1.165, 1.54) is 0 Å². The van der Waals surface area contributed by atoms with Crippen molar-refractivity contribution in [2.75, 3.05) is 11.5 Å². The van der Waals surface area contributed by atoms with E-state index < -0.39 is 9.84 Å². The van der Waals surface area contributed by atoms with Crippen molar-refractivity contribution in [2.24, 2.45) is 0 Å². The molecule has 0 unspecified atom stereocenters. The molecule has 0 aliphatic carbocycles. The summed E-state index contributed by atoms with van der Waals surface area (Å²) in [4.78, 5) is 8.58. The second kappa shape index (κ2) is 3.80. The van der Waals surface area contributed by atoms with E-state index in [9.17, 15) is 8.42 Å². The van der Waals surface area contributed by atoms with Crippen LogP contribution in [0.5, 0.6) is 0 Å².